The van der Waals surface area contributed by atoms with Crippen molar-refractivity contribution in [1.29, 1.82) is 0 Å². The molecule has 2 aromatic carbocycles. The van der Waals surface area contributed by atoms with Crippen molar-refractivity contribution < 1.29 is 0 Å². The van der Waals surface area contributed by atoms with Gasteiger partial charge in [-0.1, -0.05) is 62.3 Å². The second kappa shape index (κ2) is 6.25. The summed E-state index contributed by atoms with van der Waals surface area (Å²) in [7, 11) is 0. The van der Waals surface area contributed by atoms with Crippen molar-refractivity contribution in [3.63, 3.8) is 0 Å². The van der Waals surface area contributed by atoms with Gasteiger partial charge in [0.25, 0.3) is 0 Å². The number of allylic oxidation sites excluding steroid dienone is 1. The number of hydrogen-bond acceptors (Lipinski definition) is 2. The summed E-state index contributed by atoms with van der Waals surface area (Å²) in [5, 5.41) is 9.74. The molecule has 0 amide bonds. The van der Waals surface area contributed by atoms with Crippen molar-refractivity contribution in [3.8, 4) is 0 Å². The lowest BCUT2D eigenvalue weighted by Gasteiger charge is -2.27. The summed E-state index contributed by atoms with van der Waals surface area (Å²) >= 11 is 0. The van der Waals surface area contributed by atoms with Crippen LogP contribution in [0.1, 0.15) is 39.0 Å². The Hall–Kier alpha value is -1.90. The molecule has 0 saturated heterocycles. The van der Waals surface area contributed by atoms with E-state index in [1.807, 2.05) is 0 Å². The van der Waals surface area contributed by atoms with Crippen LogP contribution in [0, 0.1) is 0 Å². The Balaban J connectivity index is 1.73. The van der Waals surface area contributed by atoms with Crippen molar-refractivity contribution in [3.05, 3.63) is 48.4 Å². The monoisotopic (exact) mass is 278 g/mol. The normalized spacial score (nSPS) is 12.9. The van der Waals surface area contributed by atoms with Gasteiger partial charge in [-0.25, -0.2) is 0 Å². The number of hydrogen-bond donors (Lipinski definition) is 2. The zero-order valence-electron chi connectivity index (χ0n) is 12.8. The number of anilines is 2. The Morgan fingerprint density at radius 2 is 1.67 bits per heavy atom. The quantitative estimate of drug-likeness (QED) is 0.558. The van der Waals surface area contributed by atoms with Crippen LogP contribution in [0.5, 0.6) is 0 Å². The maximum absolute atomic E-state index is 4.29. The van der Waals surface area contributed by atoms with Gasteiger partial charge in [0.05, 0.1) is 0 Å². The van der Waals surface area contributed by atoms with Crippen LogP contribution in [0.25, 0.3) is 10.8 Å². The van der Waals surface area contributed by atoms with Gasteiger partial charge in [-0.15, -0.1) is 6.58 Å². The lowest BCUT2D eigenvalue weighted by molar-refractivity contribution is 0.671. The molecule has 2 aromatic rings. The van der Waals surface area contributed by atoms with Crippen LogP contribution in [-0.2, 0) is 0 Å². The number of unbranched alkanes of at least 4 members (excludes halogenated alkanes) is 3. The van der Waals surface area contributed by atoms with E-state index in [0.717, 1.165) is 6.42 Å². The van der Waals surface area contributed by atoms with E-state index in [-0.39, 0.29) is 6.98 Å². The molecular weight excluding hydrogens is 255 g/mol. The van der Waals surface area contributed by atoms with E-state index in [2.05, 4.69) is 60.4 Å². The van der Waals surface area contributed by atoms with Gasteiger partial charge in [-0.05, 0) is 23.9 Å². The van der Waals surface area contributed by atoms with Crippen molar-refractivity contribution in [2.75, 3.05) is 10.5 Å². The van der Waals surface area contributed by atoms with E-state index in [0.29, 0.717) is 0 Å². The molecule has 21 heavy (non-hydrogen) atoms. The summed E-state index contributed by atoms with van der Waals surface area (Å²) in [5.74, 6) is 0. The first-order valence-electron chi connectivity index (χ1n) is 8.02. The molecule has 1 aliphatic heterocycles. The minimum Gasteiger partial charge on any atom is -0.405 e. The molecule has 3 rings (SSSR count). The fourth-order valence-corrected chi connectivity index (χ4v) is 3.06. The fourth-order valence-electron chi connectivity index (χ4n) is 3.06. The van der Waals surface area contributed by atoms with E-state index >= 15 is 0 Å². The first-order chi connectivity index (χ1) is 10.3. The predicted octanol–water partition coefficient (Wildman–Crippen LogP) is 5.23. The van der Waals surface area contributed by atoms with Gasteiger partial charge in [0, 0.05) is 16.8 Å². The van der Waals surface area contributed by atoms with Crippen LogP contribution in [0.2, 0.25) is 0 Å². The van der Waals surface area contributed by atoms with Gasteiger partial charge >= 0.3 is 6.98 Å². The maximum Gasteiger partial charge on any atom is 0.401 e. The zero-order chi connectivity index (χ0) is 14.7. The summed E-state index contributed by atoms with van der Waals surface area (Å²) in [4.78, 5) is 0. The smallest absolute Gasteiger partial charge is 0.401 e. The Labute approximate surface area is 127 Å². The Morgan fingerprint density at radius 1 is 1.00 bits per heavy atom. The molecule has 0 aromatic heterocycles. The van der Waals surface area contributed by atoms with Crippen LogP contribution >= 0.6 is 0 Å². The second-order valence-corrected chi connectivity index (χ2v) is 5.90. The molecule has 2 N–H and O–H groups in total. The van der Waals surface area contributed by atoms with Gasteiger partial charge < -0.3 is 10.5 Å². The first kappa shape index (κ1) is 14.1. The van der Waals surface area contributed by atoms with Crippen LogP contribution in [-0.4, -0.2) is 6.98 Å². The first-order valence-corrected chi connectivity index (χ1v) is 8.02. The Morgan fingerprint density at radius 3 is 2.29 bits per heavy atom. The molecule has 0 saturated carbocycles. The summed E-state index contributed by atoms with van der Waals surface area (Å²) in [6, 6.07) is 12.9. The third kappa shape index (κ3) is 2.92. The topological polar surface area (TPSA) is 24.1 Å². The lowest BCUT2D eigenvalue weighted by Crippen LogP contribution is -2.39. The SMILES string of the molecule is C=C(CCCCCC)B1Nc2cccc3cccc(c23)N1. The number of nitrogens with one attached hydrogen (secondary N) is 2. The Kier molecular flexibility index (Phi) is 4.19. The minimum atomic E-state index is 0.145. The summed E-state index contributed by atoms with van der Waals surface area (Å²) in [6.07, 6.45) is 6.22. The highest BCUT2D eigenvalue weighted by molar-refractivity contribution is 6.74. The molecule has 0 atom stereocenters. The van der Waals surface area contributed by atoms with Gasteiger partial charge in [-0.3, -0.25) is 0 Å². The number of rotatable bonds is 6. The van der Waals surface area contributed by atoms with E-state index in [1.54, 1.807) is 0 Å². The summed E-state index contributed by atoms with van der Waals surface area (Å²) in [6.45, 7) is 6.68. The van der Waals surface area contributed by atoms with E-state index in [4.69, 9.17) is 0 Å². The van der Waals surface area contributed by atoms with Crippen molar-refractivity contribution >= 4 is 29.1 Å². The molecular formula is C18H23BN2. The standard InChI is InChI=1S/C18H23BN2/c1-3-4-5-6-9-14(2)19-20-16-12-7-10-15-11-8-13-17(21-19)18(15)16/h7-8,10-13,20-21H,2-6,9H2,1H3. The van der Waals surface area contributed by atoms with Gasteiger partial charge in [0.15, 0.2) is 0 Å². The molecule has 2 nitrogen and oxygen atoms in total. The summed E-state index contributed by atoms with van der Waals surface area (Å²) < 4.78 is 0. The molecule has 0 aliphatic carbocycles. The molecule has 1 heterocycles. The average molecular weight is 278 g/mol. The summed E-state index contributed by atoms with van der Waals surface area (Å²) in [5.41, 5.74) is 3.67. The van der Waals surface area contributed by atoms with E-state index in [1.165, 1.54) is 53.3 Å². The molecule has 0 bridgehead atoms. The minimum absolute atomic E-state index is 0.145. The van der Waals surface area contributed by atoms with Crippen LogP contribution in [0.15, 0.2) is 48.4 Å². The highest BCUT2D eigenvalue weighted by atomic mass is 15.0. The average Bonchev–Trinajstić information content (AvgIpc) is 2.52. The molecule has 0 fully saturated rings. The largest absolute Gasteiger partial charge is 0.405 e. The van der Waals surface area contributed by atoms with E-state index in [9.17, 15) is 0 Å². The molecule has 0 radical (unpaired) electrons. The van der Waals surface area contributed by atoms with Gasteiger partial charge in [-0.2, -0.15) is 0 Å². The second-order valence-electron chi connectivity index (χ2n) is 5.90. The lowest BCUT2D eigenvalue weighted by atomic mass is 9.64. The van der Waals surface area contributed by atoms with Crippen LogP contribution in [0.3, 0.4) is 0 Å². The maximum atomic E-state index is 4.29. The Bertz CT molecular complexity index is 610. The number of benzene rings is 2. The molecule has 108 valence electrons. The third-order valence-corrected chi connectivity index (χ3v) is 4.26. The molecule has 1 aliphatic rings. The molecule has 0 unspecified atom stereocenters. The van der Waals surface area contributed by atoms with Crippen molar-refractivity contribution in [2.24, 2.45) is 0 Å². The zero-order valence-corrected chi connectivity index (χ0v) is 12.8. The van der Waals surface area contributed by atoms with Gasteiger partial charge in [0.1, 0.15) is 0 Å². The highest BCUT2D eigenvalue weighted by Gasteiger charge is 2.25. The van der Waals surface area contributed by atoms with Gasteiger partial charge in [0.2, 0.25) is 0 Å². The van der Waals surface area contributed by atoms with E-state index < -0.39 is 0 Å². The van der Waals surface area contributed by atoms with Crippen molar-refractivity contribution in [2.45, 2.75) is 39.0 Å². The van der Waals surface area contributed by atoms with Crippen LogP contribution < -0.4 is 10.5 Å². The third-order valence-electron chi connectivity index (χ3n) is 4.26. The van der Waals surface area contributed by atoms with Crippen LogP contribution in [0.4, 0.5) is 11.4 Å². The fraction of sp³-hybridized carbons (Fsp3) is 0.333. The predicted molar refractivity (Wildman–Crippen MR) is 94.8 cm³/mol. The highest BCUT2D eigenvalue weighted by Crippen LogP contribution is 2.35. The molecule has 0 spiro atoms. The van der Waals surface area contributed by atoms with Crippen molar-refractivity contribution in [1.82, 2.24) is 0 Å². The molecule has 3 heteroatoms.